The van der Waals surface area contributed by atoms with Crippen LogP contribution in [0.5, 0.6) is 0 Å². The van der Waals surface area contributed by atoms with Gasteiger partial charge in [-0.1, -0.05) is 90.9 Å². The van der Waals surface area contributed by atoms with Gasteiger partial charge >= 0.3 is 0 Å². The third-order valence-corrected chi connectivity index (χ3v) is 7.09. The summed E-state index contributed by atoms with van der Waals surface area (Å²) >= 11 is 0. The lowest BCUT2D eigenvalue weighted by Crippen LogP contribution is -2.38. The molecule has 0 aliphatic rings. The zero-order valence-electron chi connectivity index (χ0n) is 17.5. The summed E-state index contributed by atoms with van der Waals surface area (Å²) in [6.45, 7) is 7.06. The van der Waals surface area contributed by atoms with Crippen molar-refractivity contribution >= 4 is 10.0 Å². The molecule has 0 spiro atoms. The van der Waals surface area contributed by atoms with Crippen LogP contribution in [-0.4, -0.2) is 31.1 Å². The summed E-state index contributed by atoms with van der Waals surface area (Å²) in [5, 5.41) is 8.10. The molecule has 0 aliphatic heterocycles. The van der Waals surface area contributed by atoms with Gasteiger partial charge in [-0.15, -0.1) is 0 Å². The molecule has 1 atom stereocenters. The summed E-state index contributed by atoms with van der Waals surface area (Å²) in [7, 11) is -3.48. The van der Waals surface area contributed by atoms with Crippen molar-refractivity contribution in [2.75, 3.05) is 13.1 Å². The van der Waals surface area contributed by atoms with Gasteiger partial charge in [0.15, 0.2) is 5.25 Å². The first-order chi connectivity index (χ1) is 12.5. The molecule has 0 aromatic rings. The Hall–Kier alpha value is -0.600. The highest BCUT2D eigenvalue weighted by molar-refractivity contribution is 7.89. The van der Waals surface area contributed by atoms with Crippen LogP contribution in [0.4, 0.5) is 0 Å². The molecule has 0 amide bonds. The third kappa shape index (κ3) is 11.9. The minimum atomic E-state index is -3.48. The van der Waals surface area contributed by atoms with Gasteiger partial charge in [-0.3, -0.25) is 0 Å². The Labute approximate surface area is 163 Å². The highest BCUT2D eigenvalue weighted by Crippen LogP contribution is 2.15. The van der Waals surface area contributed by atoms with Crippen LogP contribution in [0.2, 0.25) is 0 Å². The topological polar surface area (TPSA) is 61.2 Å². The first-order valence-electron chi connectivity index (χ1n) is 10.9. The van der Waals surface area contributed by atoms with Crippen molar-refractivity contribution in [1.82, 2.24) is 4.31 Å². The molecule has 0 saturated carbocycles. The van der Waals surface area contributed by atoms with Crippen LogP contribution in [0.1, 0.15) is 111 Å². The highest BCUT2D eigenvalue weighted by atomic mass is 32.2. The van der Waals surface area contributed by atoms with E-state index in [1.807, 2.05) is 6.07 Å². The summed E-state index contributed by atoms with van der Waals surface area (Å²) in [5.74, 6) is 0. The molecule has 0 saturated heterocycles. The molecule has 0 heterocycles. The van der Waals surface area contributed by atoms with Gasteiger partial charge in [0.05, 0.1) is 6.07 Å². The predicted molar refractivity (Wildman–Crippen MR) is 112 cm³/mol. The molecule has 0 N–H and O–H groups in total. The lowest BCUT2D eigenvalue weighted by molar-refractivity contribution is 0.381. The van der Waals surface area contributed by atoms with Gasteiger partial charge in [-0.05, 0) is 19.8 Å². The van der Waals surface area contributed by atoms with Gasteiger partial charge < -0.3 is 0 Å². The number of sulfonamides is 1. The van der Waals surface area contributed by atoms with Gasteiger partial charge in [0.2, 0.25) is 10.0 Å². The standard InChI is InChI=1S/C21H42N2O2S/c1-4-6-8-10-12-14-16-18-23(26(24,25)21(3)20-22)19-17-15-13-11-9-7-5-2/h21H,4-19H2,1-3H3. The molecule has 1 unspecified atom stereocenters. The van der Waals surface area contributed by atoms with Crippen LogP contribution in [0.3, 0.4) is 0 Å². The molecule has 5 heteroatoms. The molecule has 0 bridgehead atoms. The van der Waals surface area contributed by atoms with E-state index in [0.29, 0.717) is 13.1 Å². The molecule has 0 fully saturated rings. The highest BCUT2D eigenvalue weighted by Gasteiger charge is 2.27. The second kappa shape index (κ2) is 16.6. The maximum absolute atomic E-state index is 12.6. The Balaban J connectivity index is 4.25. The van der Waals surface area contributed by atoms with Crippen molar-refractivity contribution in [3.63, 3.8) is 0 Å². The molecular weight excluding hydrogens is 344 g/mol. The molecule has 154 valence electrons. The molecular formula is C21H42N2O2S. The molecule has 0 aliphatic carbocycles. The van der Waals surface area contributed by atoms with Crippen molar-refractivity contribution in [2.24, 2.45) is 0 Å². The van der Waals surface area contributed by atoms with E-state index in [-0.39, 0.29) is 0 Å². The van der Waals surface area contributed by atoms with E-state index in [1.165, 1.54) is 71.1 Å². The predicted octanol–water partition coefficient (Wildman–Crippen LogP) is 6.03. The zero-order valence-corrected chi connectivity index (χ0v) is 18.3. The van der Waals surface area contributed by atoms with Crippen LogP contribution in [-0.2, 0) is 10.0 Å². The quantitative estimate of drug-likeness (QED) is 0.270. The van der Waals surface area contributed by atoms with Crippen molar-refractivity contribution in [2.45, 2.75) is 116 Å². The van der Waals surface area contributed by atoms with Gasteiger partial charge in [-0.2, -0.15) is 5.26 Å². The molecule has 4 nitrogen and oxygen atoms in total. The smallest absolute Gasteiger partial charge is 0.211 e. The monoisotopic (exact) mass is 386 g/mol. The summed E-state index contributed by atoms with van der Waals surface area (Å²) < 4.78 is 26.7. The Kier molecular flexibility index (Phi) is 16.2. The van der Waals surface area contributed by atoms with Crippen molar-refractivity contribution in [3.05, 3.63) is 0 Å². The maximum Gasteiger partial charge on any atom is 0.230 e. The molecule has 0 rings (SSSR count). The van der Waals surface area contributed by atoms with Gasteiger partial charge in [0.25, 0.3) is 0 Å². The summed E-state index contributed by atoms with van der Waals surface area (Å²) in [4.78, 5) is 0. The largest absolute Gasteiger partial charge is 0.230 e. The summed E-state index contributed by atoms with van der Waals surface area (Å²) in [6, 6.07) is 1.91. The van der Waals surface area contributed by atoms with Crippen molar-refractivity contribution in [3.8, 4) is 6.07 Å². The summed E-state index contributed by atoms with van der Waals surface area (Å²) in [6.07, 6.45) is 16.4. The first-order valence-corrected chi connectivity index (χ1v) is 12.4. The number of hydrogen-bond donors (Lipinski definition) is 0. The average Bonchev–Trinajstić information content (AvgIpc) is 2.63. The van der Waals surface area contributed by atoms with E-state index in [9.17, 15) is 8.42 Å². The normalized spacial score (nSPS) is 13.0. The van der Waals surface area contributed by atoms with E-state index in [4.69, 9.17) is 5.26 Å². The zero-order chi connectivity index (χ0) is 19.7. The van der Waals surface area contributed by atoms with E-state index < -0.39 is 15.3 Å². The Morgan fingerprint density at radius 3 is 1.42 bits per heavy atom. The Morgan fingerprint density at radius 2 is 1.08 bits per heavy atom. The second-order valence-corrected chi connectivity index (χ2v) is 9.71. The number of rotatable bonds is 18. The third-order valence-electron chi connectivity index (χ3n) is 5.01. The van der Waals surface area contributed by atoms with Crippen molar-refractivity contribution < 1.29 is 8.42 Å². The second-order valence-electron chi connectivity index (χ2n) is 7.46. The fourth-order valence-electron chi connectivity index (χ4n) is 3.15. The van der Waals surface area contributed by atoms with Crippen LogP contribution >= 0.6 is 0 Å². The lowest BCUT2D eigenvalue weighted by atomic mass is 10.1. The van der Waals surface area contributed by atoms with Crippen LogP contribution in [0, 0.1) is 11.3 Å². The summed E-state index contributed by atoms with van der Waals surface area (Å²) in [5.41, 5.74) is 0. The Morgan fingerprint density at radius 1 is 0.731 bits per heavy atom. The number of unbranched alkanes of at least 4 members (excludes halogenated alkanes) is 12. The molecule has 0 aromatic carbocycles. The number of hydrogen-bond acceptors (Lipinski definition) is 3. The number of nitrogens with zero attached hydrogens (tertiary/aromatic N) is 2. The Bertz CT molecular complexity index is 439. The first kappa shape index (κ1) is 25.4. The molecule has 26 heavy (non-hydrogen) atoms. The van der Waals surface area contributed by atoms with Crippen LogP contribution < -0.4 is 0 Å². The SMILES string of the molecule is CCCCCCCCCN(CCCCCCCCC)S(=O)(=O)C(C)C#N. The molecule has 0 aromatic heterocycles. The minimum absolute atomic E-state index is 0.567. The van der Waals surface area contributed by atoms with Crippen LogP contribution in [0.25, 0.3) is 0 Å². The average molecular weight is 387 g/mol. The van der Waals surface area contributed by atoms with Crippen LogP contribution in [0.15, 0.2) is 0 Å². The van der Waals surface area contributed by atoms with E-state index in [2.05, 4.69) is 13.8 Å². The van der Waals surface area contributed by atoms with Gasteiger partial charge in [0.1, 0.15) is 0 Å². The fraction of sp³-hybridized carbons (Fsp3) is 0.952. The fourth-order valence-corrected chi connectivity index (χ4v) is 4.49. The maximum atomic E-state index is 12.6. The molecule has 0 radical (unpaired) electrons. The van der Waals surface area contributed by atoms with E-state index in [0.717, 1.165) is 25.7 Å². The van der Waals surface area contributed by atoms with E-state index >= 15 is 0 Å². The minimum Gasteiger partial charge on any atom is -0.211 e. The van der Waals surface area contributed by atoms with E-state index in [1.54, 1.807) is 4.31 Å². The van der Waals surface area contributed by atoms with Crippen molar-refractivity contribution in [1.29, 1.82) is 5.26 Å². The number of nitriles is 1. The lowest BCUT2D eigenvalue weighted by Gasteiger charge is -2.23. The van der Waals surface area contributed by atoms with Gasteiger partial charge in [0, 0.05) is 13.1 Å². The van der Waals surface area contributed by atoms with Gasteiger partial charge in [-0.25, -0.2) is 12.7 Å².